The highest BCUT2D eigenvalue weighted by atomic mass is 16.5. The summed E-state index contributed by atoms with van der Waals surface area (Å²) in [5, 5.41) is 35.7. The molecule has 1 aromatic heterocycles. The zero-order valence-corrected chi connectivity index (χ0v) is 9.11. The molecule has 1 aromatic rings. The Balaban J connectivity index is 2.26. The first-order valence-electron chi connectivity index (χ1n) is 5.23. The van der Waals surface area contributed by atoms with Gasteiger partial charge in [-0.1, -0.05) is 0 Å². The molecule has 17 heavy (non-hydrogen) atoms. The summed E-state index contributed by atoms with van der Waals surface area (Å²) in [6.07, 6.45) is -1.16. The van der Waals surface area contributed by atoms with Crippen molar-refractivity contribution in [2.24, 2.45) is 0 Å². The van der Waals surface area contributed by atoms with Crippen LogP contribution in [-0.4, -0.2) is 50.4 Å². The molecule has 8 nitrogen and oxygen atoms in total. The summed E-state index contributed by atoms with van der Waals surface area (Å²) >= 11 is 0. The molecular weight excluding hydrogens is 226 g/mol. The van der Waals surface area contributed by atoms with E-state index in [9.17, 15) is 15.4 Å². The van der Waals surface area contributed by atoms with E-state index in [1.54, 1.807) is 4.90 Å². The van der Waals surface area contributed by atoms with Crippen LogP contribution >= 0.6 is 0 Å². The monoisotopic (exact) mass is 241 g/mol. The second-order valence-corrected chi connectivity index (χ2v) is 4.04. The van der Waals surface area contributed by atoms with Gasteiger partial charge in [-0.3, -0.25) is 5.41 Å². The molecular formula is C9H15N5O3. The molecule has 0 unspecified atom stereocenters. The van der Waals surface area contributed by atoms with E-state index in [2.05, 4.69) is 4.98 Å². The van der Waals surface area contributed by atoms with Gasteiger partial charge in [0, 0.05) is 19.2 Å². The van der Waals surface area contributed by atoms with Gasteiger partial charge in [0.2, 0.25) is 5.95 Å². The highest BCUT2D eigenvalue weighted by Gasteiger charge is 2.26. The average molecular weight is 241 g/mol. The molecule has 1 saturated heterocycles. The van der Waals surface area contributed by atoms with Crippen LogP contribution in [0.3, 0.4) is 0 Å². The first-order chi connectivity index (χ1) is 7.99. The molecule has 0 spiro atoms. The number of piperidine rings is 1. The van der Waals surface area contributed by atoms with Gasteiger partial charge < -0.3 is 26.1 Å². The standard InChI is InChI=1S/C9H15N5O3/c10-7-3-8(12-9(11)14(7)17)13-2-1-5(15)6(16)4-13/h3,5-6,10,15-17H,1-2,4H2,(H2,11,12)/t5-,6-/m0/s1. The molecule has 0 aliphatic carbocycles. The normalized spacial score (nSPS) is 24.9. The smallest absolute Gasteiger partial charge is 0.238 e. The maximum Gasteiger partial charge on any atom is 0.238 e. The third kappa shape index (κ3) is 2.17. The van der Waals surface area contributed by atoms with Crippen molar-refractivity contribution in [3.05, 3.63) is 11.6 Å². The number of nitrogens with zero attached hydrogens (tertiary/aromatic N) is 3. The Morgan fingerprint density at radius 3 is 2.71 bits per heavy atom. The lowest BCUT2D eigenvalue weighted by atomic mass is 10.1. The lowest BCUT2D eigenvalue weighted by Crippen LogP contribution is -2.47. The molecule has 94 valence electrons. The molecule has 0 saturated carbocycles. The fourth-order valence-corrected chi connectivity index (χ4v) is 1.79. The first-order valence-corrected chi connectivity index (χ1v) is 5.23. The van der Waals surface area contributed by atoms with E-state index in [1.165, 1.54) is 6.07 Å². The minimum atomic E-state index is -0.845. The second kappa shape index (κ2) is 4.22. The lowest BCUT2D eigenvalue weighted by Gasteiger charge is -2.34. The van der Waals surface area contributed by atoms with E-state index >= 15 is 0 Å². The molecule has 2 heterocycles. The number of hydrogen-bond acceptors (Lipinski definition) is 7. The number of hydrogen-bond donors (Lipinski definition) is 5. The Hall–Kier alpha value is -1.80. The molecule has 1 fully saturated rings. The van der Waals surface area contributed by atoms with Gasteiger partial charge in [-0.05, 0) is 6.42 Å². The Morgan fingerprint density at radius 2 is 2.12 bits per heavy atom. The molecule has 2 rings (SSSR count). The van der Waals surface area contributed by atoms with Gasteiger partial charge in [0.15, 0.2) is 5.49 Å². The van der Waals surface area contributed by atoms with Crippen molar-refractivity contribution in [3.8, 4) is 0 Å². The Labute approximate surface area is 97.0 Å². The SMILES string of the molecule is N=c1cc(N2CC[C@H](O)[C@@H](O)C2)nc(N)n1O. The maximum absolute atomic E-state index is 9.55. The lowest BCUT2D eigenvalue weighted by molar-refractivity contribution is 0.00782. The predicted molar refractivity (Wildman–Crippen MR) is 58.5 cm³/mol. The number of nitrogens with one attached hydrogen (secondary N) is 1. The number of aromatic nitrogens is 2. The van der Waals surface area contributed by atoms with Crippen LogP contribution in [0.1, 0.15) is 6.42 Å². The molecule has 0 bridgehead atoms. The van der Waals surface area contributed by atoms with E-state index < -0.39 is 12.2 Å². The molecule has 0 radical (unpaired) electrons. The van der Waals surface area contributed by atoms with E-state index in [1.807, 2.05) is 0 Å². The molecule has 0 aromatic carbocycles. The van der Waals surface area contributed by atoms with Gasteiger partial charge >= 0.3 is 0 Å². The van der Waals surface area contributed by atoms with E-state index in [4.69, 9.17) is 11.1 Å². The maximum atomic E-state index is 9.55. The molecule has 8 heteroatoms. The summed E-state index contributed by atoms with van der Waals surface area (Å²) in [5.41, 5.74) is 5.25. The van der Waals surface area contributed by atoms with Crippen LogP contribution in [0.25, 0.3) is 0 Å². The summed E-state index contributed by atoms with van der Waals surface area (Å²) < 4.78 is 0.471. The average Bonchev–Trinajstić information content (AvgIpc) is 2.29. The zero-order valence-electron chi connectivity index (χ0n) is 9.11. The number of rotatable bonds is 1. The van der Waals surface area contributed by atoms with E-state index in [-0.39, 0.29) is 18.0 Å². The number of nitrogens with two attached hydrogens (primary N) is 1. The molecule has 2 atom stereocenters. The summed E-state index contributed by atoms with van der Waals surface area (Å²) in [6, 6.07) is 1.35. The number of aliphatic hydroxyl groups excluding tert-OH is 2. The quantitative estimate of drug-likeness (QED) is 0.365. The summed E-state index contributed by atoms with van der Waals surface area (Å²) in [7, 11) is 0. The van der Waals surface area contributed by atoms with Crippen molar-refractivity contribution in [2.45, 2.75) is 18.6 Å². The zero-order chi connectivity index (χ0) is 12.6. The Morgan fingerprint density at radius 1 is 1.41 bits per heavy atom. The highest BCUT2D eigenvalue weighted by Crippen LogP contribution is 2.17. The Bertz CT molecular complexity index is 474. The molecule has 6 N–H and O–H groups in total. The predicted octanol–water partition coefficient (Wildman–Crippen LogP) is -1.89. The van der Waals surface area contributed by atoms with E-state index in [0.717, 1.165) is 0 Å². The largest absolute Gasteiger partial charge is 0.423 e. The number of anilines is 2. The third-order valence-corrected chi connectivity index (χ3v) is 2.81. The van der Waals surface area contributed by atoms with Gasteiger partial charge in [-0.2, -0.15) is 4.98 Å². The second-order valence-electron chi connectivity index (χ2n) is 4.04. The van der Waals surface area contributed by atoms with Gasteiger partial charge in [0.1, 0.15) is 5.82 Å². The topological polar surface area (TPSA) is 132 Å². The fraction of sp³-hybridized carbons (Fsp3) is 0.556. The van der Waals surface area contributed by atoms with Crippen LogP contribution in [0.4, 0.5) is 11.8 Å². The number of aliphatic hydroxyl groups is 2. The number of nitrogen functional groups attached to an aromatic ring is 1. The summed E-state index contributed by atoms with van der Waals surface area (Å²) in [6.45, 7) is 0.738. The molecule has 1 aliphatic heterocycles. The van der Waals surface area contributed by atoms with Crippen LogP contribution < -0.4 is 16.1 Å². The highest BCUT2D eigenvalue weighted by molar-refractivity contribution is 5.41. The van der Waals surface area contributed by atoms with Crippen molar-refractivity contribution < 1.29 is 15.4 Å². The summed E-state index contributed by atoms with van der Waals surface area (Å²) in [4.78, 5) is 5.63. The van der Waals surface area contributed by atoms with E-state index in [0.29, 0.717) is 23.5 Å². The van der Waals surface area contributed by atoms with Gasteiger partial charge in [0.25, 0.3) is 0 Å². The van der Waals surface area contributed by atoms with Gasteiger partial charge in [0.05, 0.1) is 12.2 Å². The third-order valence-electron chi connectivity index (χ3n) is 2.81. The van der Waals surface area contributed by atoms with Crippen LogP contribution in [0.15, 0.2) is 6.07 Å². The van der Waals surface area contributed by atoms with Crippen LogP contribution in [0.5, 0.6) is 0 Å². The number of β-amino-alcohol motifs (C(OH)–C–C–N with tert-alkyl or cyclic N) is 1. The van der Waals surface area contributed by atoms with Crippen LogP contribution in [0, 0.1) is 5.41 Å². The van der Waals surface area contributed by atoms with Crippen molar-refractivity contribution in [3.63, 3.8) is 0 Å². The minimum Gasteiger partial charge on any atom is -0.423 e. The van der Waals surface area contributed by atoms with Crippen molar-refractivity contribution in [2.75, 3.05) is 23.7 Å². The van der Waals surface area contributed by atoms with Crippen molar-refractivity contribution in [1.29, 1.82) is 5.41 Å². The minimum absolute atomic E-state index is 0.187. The van der Waals surface area contributed by atoms with Crippen molar-refractivity contribution >= 4 is 11.8 Å². The Kier molecular flexibility index (Phi) is 2.90. The fourth-order valence-electron chi connectivity index (χ4n) is 1.79. The van der Waals surface area contributed by atoms with Crippen LogP contribution in [-0.2, 0) is 0 Å². The first kappa shape index (κ1) is 11.7. The van der Waals surface area contributed by atoms with Crippen molar-refractivity contribution in [1.82, 2.24) is 9.71 Å². The van der Waals surface area contributed by atoms with Crippen LogP contribution in [0.2, 0.25) is 0 Å². The molecule has 1 aliphatic rings. The van der Waals surface area contributed by atoms with Gasteiger partial charge in [-0.15, -0.1) is 4.73 Å². The van der Waals surface area contributed by atoms with Gasteiger partial charge in [-0.25, -0.2) is 0 Å². The molecule has 0 amide bonds. The summed E-state index contributed by atoms with van der Waals surface area (Å²) in [5.74, 6) is 0.219.